The van der Waals surface area contributed by atoms with Crippen LogP contribution >= 0.6 is 11.6 Å². The highest BCUT2D eigenvalue weighted by molar-refractivity contribution is 6.30. The molecule has 0 radical (unpaired) electrons. The molecule has 3 N–H and O–H groups in total. The number of hydrogen-bond acceptors (Lipinski definition) is 2. The lowest BCUT2D eigenvalue weighted by Gasteiger charge is -2.32. The Morgan fingerprint density at radius 2 is 1.84 bits per heavy atom. The van der Waals surface area contributed by atoms with Crippen LogP contribution < -0.4 is 5.73 Å². The molecule has 0 aliphatic heterocycles. The number of benzene rings is 1. The van der Waals surface area contributed by atoms with Crippen LogP contribution in [0.15, 0.2) is 12.1 Å². The summed E-state index contributed by atoms with van der Waals surface area (Å²) >= 11 is 6.27. The number of phenolic OH excluding ortho intramolecular Hbond substituents is 1. The Bertz CT molecular complexity index is 470. The first kappa shape index (κ1) is 14.7. The molecular formula is C16H24ClNO. The van der Waals surface area contributed by atoms with Crippen molar-refractivity contribution in [2.75, 3.05) is 6.54 Å². The molecule has 0 aromatic heterocycles. The van der Waals surface area contributed by atoms with E-state index in [1.165, 1.54) is 12.8 Å². The highest BCUT2D eigenvalue weighted by Gasteiger charge is 2.38. The third-order valence-electron chi connectivity index (χ3n) is 4.41. The Labute approximate surface area is 121 Å². The molecule has 2 nitrogen and oxygen atoms in total. The zero-order valence-electron chi connectivity index (χ0n) is 12.1. The van der Waals surface area contributed by atoms with E-state index >= 15 is 0 Å². The molecule has 1 saturated carbocycles. The molecule has 1 aliphatic rings. The molecule has 0 bridgehead atoms. The average Bonchev–Trinajstić information content (AvgIpc) is 2.80. The number of rotatable bonds is 2. The van der Waals surface area contributed by atoms with Crippen LogP contribution in [-0.4, -0.2) is 11.7 Å². The molecule has 0 atom stereocenters. The molecule has 0 amide bonds. The number of phenols is 1. The first-order valence-electron chi connectivity index (χ1n) is 7.04. The summed E-state index contributed by atoms with van der Waals surface area (Å²) in [6, 6.07) is 3.78. The predicted molar refractivity (Wildman–Crippen MR) is 81.0 cm³/mol. The Morgan fingerprint density at radius 3 is 2.32 bits per heavy atom. The van der Waals surface area contributed by atoms with E-state index in [0.717, 1.165) is 24.0 Å². The smallest absolute Gasteiger partial charge is 0.123 e. The van der Waals surface area contributed by atoms with Crippen LogP contribution in [0.1, 0.15) is 57.6 Å². The van der Waals surface area contributed by atoms with E-state index < -0.39 is 0 Å². The number of aromatic hydroxyl groups is 1. The van der Waals surface area contributed by atoms with Gasteiger partial charge in [0.05, 0.1) is 0 Å². The second kappa shape index (κ2) is 4.99. The van der Waals surface area contributed by atoms with Crippen LogP contribution in [0.2, 0.25) is 5.02 Å². The minimum absolute atomic E-state index is 0.0883. The summed E-state index contributed by atoms with van der Waals surface area (Å²) < 4.78 is 0. The largest absolute Gasteiger partial charge is 0.507 e. The maximum atomic E-state index is 10.7. The quantitative estimate of drug-likeness (QED) is 0.857. The van der Waals surface area contributed by atoms with E-state index in [9.17, 15) is 5.11 Å². The van der Waals surface area contributed by atoms with E-state index in [1.54, 1.807) is 0 Å². The summed E-state index contributed by atoms with van der Waals surface area (Å²) in [7, 11) is 0. The summed E-state index contributed by atoms with van der Waals surface area (Å²) in [5.74, 6) is 0.393. The average molecular weight is 282 g/mol. The zero-order valence-corrected chi connectivity index (χ0v) is 12.8. The van der Waals surface area contributed by atoms with Gasteiger partial charge in [0.15, 0.2) is 0 Å². The molecule has 3 heteroatoms. The first-order chi connectivity index (χ1) is 8.80. The molecule has 1 aromatic rings. The van der Waals surface area contributed by atoms with Crippen LogP contribution in [0, 0.1) is 0 Å². The van der Waals surface area contributed by atoms with Gasteiger partial charge >= 0.3 is 0 Å². The van der Waals surface area contributed by atoms with Gasteiger partial charge in [0.1, 0.15) is 5.75 Å². The van der Waals surface area contributed by atoms with Crippen LogP contribution in [0.5, 0.6) is 5.75 Å². The summed E-state index contributed by atoms with van der Waals surface area (Å²) in [5.41, 5.74) is 7.67. The van der Waals surface area contributed by atoms with Crippen molar-refractivity contribution in [1.82, 2.24) is 0 Å². The lowest BCUT2D eigenvalue weighted by Crippen LogP contribution is -2.32. The van der Waals surface area contributed by atoms with Crippen molar-refractivity contribution in [2.24, 2.45) is 5.73 Å². The van der Waals surface area contributed by atoms with Crippen LogP contribution in [0.4, 0.5) is 0 Å². The van der Waals surface area contributed by atoms with Crippen molar-refractivity contribution in [1.29, 1.82) is 0 Å². The summed E-state index contributed by atoms with van der Waals surface area (Å²) in [6.45, 7) is 6.84. The normalized spacial score (nSPS) is 18.8. The topological polar surface area (TPSA) is 46.2 Å². The van der Waals surface area contributed by atoms with Crippen molar-refractivity contribution >= 4 is 11.6 Å². The molecule has 106 valence electrons. The molecule has 1 fully saturated rings. The highest BCUT2D eigenvalue weighted by Crippen LogP contribution is 2.47. The standard InChI is InChI=1S/C16H24ClNO/c1-15(2,3)12-8-11(17)9-13(14(12)19)16(10-18)6-4-5-7-16/h8-9,19H,4-7,10,18H2,1-3H3. The van der Waals surface area contributed by atoms with Gasteiger partial charge in [0.2, 0.25) is 0 Å². The third-order valence-corrected chi connectivity index (χ3v) is 4.62. The molecule has 0 spiro atoms. The second-order valence-electron chi connectivity index (χ2n) is 6.79. The lowest BCUT2D eigenvalue weighted by molar-refractivity contribution is 0.393. The van der Waals surface area contributed by atoms with Crippen LogP contribution in [0.25, 0.3) is 0 Å². The van der Waals surface area contributed by atoms with Gasteiger partial charge < -0.3 is 10.8 Å². The van der Waals surface area contributed by atoms with Gasteiger partial charge in [-0.25, -0.2) is 0 Å². The monoisotopic (exact) mass is 281 g/mol. The molecule has 1 aromatic carbocycles. The van der Waals surface area contributed by atoms with Crippen molar-refractivity contribution in [3.8, 4) is 5.75 Å². The molecule has 0 saturated heterocycles. The summed E-state index contributed by atoms with van der Waals surface area (Å²) in [6.07, 6.45) is 4.43. The fourth-order valence-electron chi connectivity index (χ4n) is 3.21. The lowest BCUT2D eigenvalue weighted by atomic mass is 9.75. The maximum Gasteiger partial charge on any atom is 0.123 e. The molecule has 0 heterocycles. The minimum atomic E-state index is -0.127. The molecule has 19 heavy (non-hydrogen) atoms. The van der Waals surface area contributed by atoms with Gasteiger partial charge in [-0.3, -0.25) is 0 Å². The fourth-order valence-corrected chi connectivity index (χ4v) is 3.43. The van der Waals surface area contributed by atoms with E-state index in [-0.39, 0.29) is 10.8 Å². The molecular weight excluding hydrogens is 258 g/mol. The van der Waals surface area contributed by atoms with Crippen molar-refractivity contribution in [2.45, 2.75) is 57.3 Å². The van der Waals surface area contributed by atoms with Gasteiger partial charge in [0.25, 0.3) is 0 Å². The zero-order chi connectivity index (χ0) is 14.3. The minimum Gasteiger partial charge on any atom is -0.507 e. The van der Waals surface area contributed by atoms with Gasteiger partial charge in [-0.1, -0.05) is 45.2 Å². The number of halogens is 1. The Morgan fingerprint density at radius 1 is 1.26 bits per heavy atom. The summed E-state index contributed by atoms with van der Waals surface area (Å²) in [5, 5.41) is 11.4. The Kier molecular flexibility index (Phi) is 3.85. The van der Waals surface area contributed by atoms with Gasteiger partial charge in [-0.2, -0.15) is 0 Å². The third kappa shape index (κ3) is 2.61. The van der Waals surface area contributed by atoms with Gasteiger partial charge in [-0.05, 0) is 30.4 Å². The van der Waals surface area contributed by atoms with Crippen molar-refractivity contribution in [3.63, 3.8) is 0 Å². The van der Waals surface area contributed by atoms with E-state index in [1.807, 2.05) is 12.1 Å². The molecule has 2 rings (SSSR count). The highest BCUT2D eigenvalue weighted by atomic mass is 35.5. The van der Waals surface area contributed by atoms with E-state index in [0.29, 0.717) is 17.3 Å². The fraction of sp³-hybridized carbons (Fsp3) is 0.625. The second-order valence-corrected chi connectivity index (χ2v) is 7.23. The molecule has 0 unspecified atom stereocenters. The Balaban J connectivity index is 2.61. The Hall–Kier alpha value is -0.730. The van der Waals surface area contributed by atoms with Gasteiger partial charge in [-0.15, -0.1) is 0 Å². The van der Waals surface area contributed by atoms with Crippen LogP contribution in [0.3, 0.4) is 0 Å². The first-order valence-corrected chi connectivity index (χ1v) is 7.41. The maximum absolute atomic E-state index is 10.7. The van der Waals surface area contributed by atoms with E-state index in [2.05, 4.69) is 20.8 Å². The SMILES string of the molecule is CC(C)(C)c1cc(Cl)cc(C2(CN)CCCC2)c1O. The summed E-state index contributed by atoms with van der Waals surface area (Å²) in [4.78, 5) is 0. The van der Waals surface area contributed by atoms with Crippen LogP contribution in [-0.2, 0) is 10.8 Å². The van der Waals surface area contributed by atoms with Crippen molar-refractivity contribution in [3.05, 3.63) is 28.3 Å². The number of nitrogens with two attached hydrogens (primary N) is 1. The van der Waals surface area contributed by atoms with Gasteiger partial charge in [0, 0.05) is 28.1 Å². The number of hydrogen-bond donors (Lipinski definition) is 2. The molecule has 1 aliphatic carbocycles. The van der Waals surface area contributed by atoms with Crippen molar-refractivity contribution < 1.29 is 5.11 Å². The predicted octanol–water partition coefficient (Wildman–Crippen LogP) is 4.11. The van der Waals surface area contributed by atoms with E-state index in [4.69, 9.17) is 17.3 Å².